The highest BCUT2D eigenvalue weighted by Crippen LogP contribution is 2.54. The summed E-state index contributed by atoms with van der Waals surface area (Å²) in [4.78, 5) is 14.6. The van der Waals surface area contributed by atoms with Gasteiger partial charge in [0, 0.05) is 24.7 Å². The lowest BCUT2D eigenvalue weighted by molar-refractivity contribution is 0.0733. The molecular formula is C14H19N2OP. The normalized spacial score (nSPS) is 24.5. The van der Waals surface area contributed by atoms with Crippen LogP contribution in [0.1, 0.15) is 29.6 Å². The minimum Gasteiger partial charge on any atom is -0.334 e. The summed E-state index contributed by atoms with van der Waals surface area (Å²) in [6, 6.07) is 9.97. The zero-order valence-corrected chi connectivity index (χ0v) is 11.6. The summed E-state index contributed by atoms with van der Waals surface area (Å²) in [6.45, 7) is 1.81. The largest absolute Gasteiger partial charge is 0.334 e. The molecule has 3 nitrogen and oxygen atoms in total. The summed E-state index contributed by atoms with van der Waals surface area (Å²) in [7, 11) is 2.54. The minimum absolute atomic E-state index is 0.185. The van der Waals surface area contributed by atoms with Crippen LogP contribution in [0.3, 0.4) is 0 Å². The summed E-state index contributed by atoms with van der Waals surface area (Å²) in [6.07, 6.45) is 3.74. The Balaban J connectivity index is 1.79. The molecule has 1 aliphatic carbocycles. The standard InChI is InChI=1S/C14H19N2OP/c17-13(11-4-2-1-3-5-11)16-10-14(6-7-14)8-12(16)9-15-18/h1-5,12,15H,6-10,18H2. The number of carbonyl (C=O) groups excluding carboxylic acids is 1. The Morgan fingerprint density at radius 1 is 1.39 bits per heavy atom. The molecule has 4 heteroatoms. The SMILES string of the molecule is O=C(c1ccccc1)N1CC2(CC2)CC1CNP. The molecule has 0 aromatic heterocycles. The molecule has 2 fully saturated rings. The van der Waals surface area contributed by atoms with E-state index in [1.54, 1.807) is 0 Å². The van der Waals surface area contributed by atoms with Crippen LogP contribution in [0.15, 0.2) is 30.3 Å². The lowest BCUT2D eigenvalue weighted by atomic mass is 10.0. The summed E-state index contributed by atoms with van der Waals surface area (Å²) in [5.41, 5.74) is 1.26. The Labute approximate surface area is 110 Å². The first-order chi connectivity index (χ1) is 8.74. The number of amides is 1. The molecule has 1 aliphatic heterocycles. The molecule has 3 rings (SSSR count). The number of rotatable bonds is 3. The molecule has 1 heterocycles. The topological polar surface area (TPSA) is 32.3 Å². The zero-order chi connectivity index (χ0) is 12.6. The van der Waals surface area contributed by atoms with E-state index in [2.05, 4.69) is 19.4 Å². The van der Waals surface area contributed by atoms with E-state index < -0.39 is 0 Å². The van der Waals surface area contributed by atoms with Gasteiger partial charge in [-0.05, 0) is 36.8 Å². The third kappa shape index (κ3) is 2.17. The van der Waals surface area contributed by atoms with Gasteiger partial charge >= 0.3 is 0 Å². The van der Waals surface area contributed by atoms with E-state index in [1.165, 1.54) is 12.8 Å². The van der Waals surface area contributed by atoms with Crippen LogP contribution in [-0.2, 0) is 0 Å². The molecule has 2 atom stereocenters. The Kier molecular flexibility index (Phi) is 3.13. The summed E-state index contributed by atoms with van der Waals surface area (Å²) in [5.74, 6) is 0.185. The Morgan fingerprint density at radius 2 is 2.11 bits per heavy atom. The van der Waals surface area contributed by atoms with Gasteiger partial charge in [0.2, 0.25) is 0 Å². The van der Waals surface area contributed by atoms with E-state index in [4.69, 9.17) is 0 Å². The zero-order valence-electron chi connectivity index (χ0n) is 10.4. The number of likely N-dealkylation sites (tertiary alicyclic amines) is 1. The molecule has 1 aromatic rings. The molecule has 2 unspecified atom stereocenters. The number of hydrogen-bond donors (Lipinski definition) is 1. The van der Waals surface area contributed by atoms with Gasteiger partial charge in [0.05, 0.1) is 0 Å². The van der Waals surface area contributed by atoms with Crippen molar-refractivity contribution in [2.24, 2.45) is 5.41 Å². The number of nitrogens with one attached hydrogen (secondary N) is 1. The van der Waals surface area contributed by atoms with Crippen molar-refractivity contribution in [1.29, 1.82) is 0 Å². The predicted octanol–water partition coefficient (Wildman–Crippen LogP) is 2.06. The van der Waals surface area contributed by atoms with Crippen molar-refractivity contribution in [1.82, 2.24) is 9.99 Å². The van der Waals surface area contributed by atoms with Crippen molar-refractivity contribution in [3.63, 3.8) is 0 Å². The monoisotopic (exact) mass is 262 g/mol. The fourth-order valence-corrected chi connectivity index (χ4v) is 3.28. The number of nitrogens with zero attached hydrogens (tertiary/aromatic N) is 1. The molecule has 1 aromatic carbocycles. The van der Waals surface area contributed by atoms with Crippen molar-refractivity contribution < 1.29 is 4.79 Å². The Hall–Kier alpha value is -0.920. The molecule has 18 heavy (non-hydrogen) atoms. The van der Waals surface area contributed by atoms with Crippen molar-refractivity contribution >= 4 is 15.3 Å². The van der Waals surface area contributed by atoms with Crippen molar-refractivity contribution in [2.45, 2.75) is 25.3 Å². The number of carbonyl (C=O) groups is 1. The van der Waals surface area contributed by atoms with Crippen LogP contribution >= 0.6 is 9.39 Å². The van der Waals surface area contributed by atoms with Crippen molar-refractivity contribution in [2.75, 3.05) is 13.1 Å². The van der Waals surface area contributed by atoms with Gasteiger partial charge < -0.3 is 4.90 Å². The van der Waals surface area contributed by atoms with Gasteiger partial charge in [-0.1, -0.05) is 27.6 Å². The van der Waals surface area contributed by atoms with Crippen LogP contribution in [0.5, 0.6) is 0 Å². The predicted molar refractivity (Wildman–Crippen MR) is 75.3 cm³/mol. The second-order valence-electron chi connectivity index (χ2n) is 5.57. The summed E-state index contributed by atoms with van der Waals surface area (Å²) < 4.78 is 0. The van der Waals surface area contributed by atoms with E-state index in [0.29, 0.717) is 11.5 Å². The smallest absolute Gasteiger partial charge is 0.254 e. The Morgan fingerprint density at radius 3 is 2.72 bits per heavy atom. The average Bonchev–Trinajstić information content (AvgIpc) is 3.05. The highest BCUT2D eigenvalue weighted by atomic mass is 31.0. The summed E-state index contributed by atoms with van der Waals surface area (Å²) in [5, 5.41) is 3.13. The maximum atomic E-state index is 12.5. The van der Waals surface area contributed by atoms with Gasteiger partial charge in [0.15, 0.2) is 0 Å². The highest BCUT2D eigenvalue weighted by Gasteiger charge is 2.52. The van der Waals surface area contributed by atoms with E-state index in [0.717, 1.165) is 25.1 Å². The fourth-order valence-electron chi connectivity index (χ4n) is 3.01. The average molecular weight is 262 g/mol. The third-order valence-corrected chi connectivity index (χ3v) is 4.44. The maximum absolute atomic E-state index is 12.5. The second kappa shape index (κ2) is 4.64. The molecule has 1 saturated heterocycles. The quantitative estimate of drug-likeness (QED) is 0.846. The molecule has 1 spiro atoms. The fraction of sp³-hybridized carbons (Fsp3) is 0.500. The molecule has 0 radical (unpaired) electrons. The molecule has 1 amide bonds. The second-order valence-corrected chi connectivity index (χ2v) is 5.97. The molecular weight excluding hydrogens is 243 g/mol. The molecule has 2 aliphatic rings. The number of benzene rings is 1. The maximum Gasteiger partial charge on any atom is 0.254 e. The van der Waals surface area contributed by atoms with E-state index >= 15 is 0 Å². The first-order valence-electron chi connectivity index (χ1n) is 6.54. The highest BCUT2D eigenvalue weighted by molar-refractivity contribution is 7.13. The summed E-state index contributed by atoms with van der Waals surface area (Å²) >= 11 is 0. The van der Waals surface area contributed by atoms with Crippen molar-refractivity contribution in [3.8, 4) is 0 Å². The van der Waals surface area contributed by atoms with Gasteiger partial charge in [-0.15, -0.1) is 0 Å². The van der Waals surface area contributed by atoms with Gasteiger partial charge in [-0.2, -0.15) is 0 Å². The van der Waals surface area contributed by atoms with Crippen molar-refractivity contribution in [3.05, 3.63) is 35.9 Å². The first kappa shape index (κ1) is 12.1. The van der Waals surface area contributed by atoms with Gasteiger partial charge in [0.1, 0.15) is 0 Å². The minimum atomic E-state index is 0.185. The Bertz CT molecular complexity index is 444. The van der Waals surface area contributed by atoms with Crippen LogP contribution in [0, 0.1) is 5.41 Å². The first-order valence-corrected chi connectivity index (χ1v) is 7.11. The third-order valence-electron chi connectivity index (χ3n) is 4.21. The molecule has 96 valence electrons. The lowest BCUT2D eigenvalue weighted by Crippen LogP contribution is -2.40. The van der Waals surface area contributed by atoms with Crippen LogP contribution in [0.2, 0.25) is 0 Å². The molecule has 1 N–H and O–H groups in total. The van der Waals surface area contributed by atoms with Crippen LogP contribution in [-0.4, -0.2) is 29.9 Å². The van der Waals surface area contributed by atoms with Gasteiger partial charge in [-0.25, -0.2) is 0 Å². The van der Waals surface area contributed by atoms with E-state index in [9.17, 15) is 4.79 Å². The van der Waals surface area contributed by atoms with Crippen LogP contribution in [0.4, 0.5) is 0 Å². The van der Waals surface area contributed by atoms with Crippen LogP contribution in [0.25, 0.3) is 0 Å². The van der Waals surface area contributed by atoms with Crippen LogP contribution < -0.4 is 5.09 Å². The molecule has 1 saturated carbocycles. The number of hydrogen-bond acceptors (Lipinski definition) is 2. The van der Waals surface area contributed by atoms with Gasteiger partial charge in [0.25, 0.3) is 5.91 Å². The van der Waals surface area contributed by atoms with E-state index in [1.807, 2.05) is 30.3 Å². The van der Waals surface area contributed by atoms with Gasteiger partial charge in [-0.3, -0.25) is 9.88 Å². The van der Waals surface area contributed by atoms with E-state index in [-0.39, 0.29) is 5.91 Å². The molecule has 0 bridgehead atoms. The lowest BCUT2D eigenvalue weighted by Gasteiger charge is -2.24.